The lowest BCUT2D eigenvalue weighted by Crippen LogP contribution is -2.25. The monoisotopic (exact) mass is 585 g/mol. The van der Waals surface area contributed by atoms with Crippen LogP contribution in [-0.2, 0) is 10.0 Å². The Hall–Kier alpha value is -3.98. The van der Waals surface area contributed by atoms with Gasteiger partial charge in [0, 0.05) is 42.5 Å². The zero-order chi connectivity index (χ0) is 28.6. The minimum Gasteiger partial charge on any atom is -0.393 e. The highest BCUT2D eigenvalue weighted by Crippen LogP contribution is 2.32. The van der Waals surface area contributed by atoms with E-state index in [0.29, 0.717) is 64.6 Å². The first-order valence-electron chi connectivity index (χ1n) is 13.4. The number of nitrogens with zero attached hydrogens (tertiary/aromatic N) is 7. The number of hydrogen-bond acceptors (Lipinski definition) is 10. The first-order chi connectivity index (χ1) is 19.8. The number of pyridine rings is 1. The van der Waals surface area contributed by atoms with Gasteiger partial charge in [0.25, 0.3) is 10.0 Å². The van der Waals surface area contributed by atoms with E-state index in [1.54, 1.807) is 18.3 Å². The van der Waals surface area contributed by atoms with Gasteiger partial charge in [0.05, 0.1) is 35.0 Å². The largest absolute Gasteiger partial charge is 0.393 e. The van der Waals surface area contributed by atoms with Crippen molar-refractivity contribution in [2.45, 2.75) is 56.4 Å². The van der Waals surface area contributed by atoms with Crippen LogP contribution in [-0.4, -0.2) is 65.3 Å². The van der Waals surface area contributed by atoms with E-state index in [-0.39, 0.29) is 17.8 Å². The number of hydrogen-bond donors (Lipinski definition) is 3. The molecule has 2 aliphatic carbocycles. The van der Waals surface area contributed by atoms with Crippen molar-refractivity contribution in [1.29, 1.82) is 0 Å². The number of nitrogens with one attached hydrogen (secondary N) is 2. The van der Waals surface area contributed by atoms with Crippen LogP contribution in [0.25, 0.3) is 22.6 Å². The normalized spacial score (nSPS) is 19.4. The molecule has 0 aromatic carbocycles. The molecule has 3 N–H and O–H groups in total. The molecular formula is C26H29F2N9O3S. The summed E-state index contributed by atoms with van der Waals surface area (Å²) in [6.07, 6.45) is 11.5. The van der Waals surface area contributed by atoms with Gasteiger partial charge in [-0.2, -0.15) is 23.1 Å². The second-order valence-corrected chi connectivity index (χ2v) is 12.4. The van der Waals surface area contributed by atoms with Crippen LogP contribution in [0.1, 0.15) is 45.1 Å². The summed E-state index contributed by atoms with van der Waals surface area (Å²) in [5.74, 6) is 1.40. The molecule has 0 bridgehead atoms. The molecule has 2 unspecified atom stereocenters. The Bertz CT molecular complexity index is 1640. The summed E-state index contributed by atoms with van der Waals surface area (Å²) in [5, 5.41) is 24.2. The van der Waals surface area contributed by atoms with Crippen LogP contribution in [0.3, 0.4) is 0 Å². The smallest absolute Gasteiger partial charge is 0.333 e. The maximum Gasteiger partial charge on any atom is 0.333 e. The van der Waals surface area contributed by atoms with Gasteiger partial charge in [-0.3, -0.25) is 0 Å². The van der Waals surface area contributed by atoms with Crippen molar-refractivity contribution in [3.8, 4) is 22.6 Å². The molecule has 0 amide bonds. The highest BCUT2D eigenvalue weighted by molar-refractivity contribution is 7.90. The van der Waals surface area contributed by atoms with Gasteiger partial charge >= 0.3 is 6.55 Å². The second kappa shape index (κ2) is 11.1. The lowest BCUT2D eigenvalue weighted by molar-refractivity contribution is 0.0568. The number of alkyl halides is 2. The standard InChI is InChI=1S/C26H29F2N9O3S/c27-26(28)36-9-7-21(35-36)20-14-31-24(11-22(20)30-12-16-2-1-3-18(38)10-16)33-23-6-8-29-25(34-23)17-13-32-37(15-17)41(39,40)19-4-5-19/h6-9,11,13-16,18-19,26,38H,1-5,10,12H2,(H2,29,30,31,33,34). The van der Waals surface area contributed by atoms with Gasteiger partial charge in [0.2, 0.25) is 0 Å². The van der Waals surface area contributed by atoms with Gasteiger partial charge in [-0.05, 0) is 50.2 Å². The molecule has 41 heavy (non-hydrogen) atoms. The molecule has 216 valence electrons. The molecule has 0 spiro atoms. The fourth-order valence-corrected chi connectivity index (χ4v) is 6.42. The van der Waals surface area contributed by atoms with Crippen LogP contribution in [0.5, 0.6) is 0 Å². The predicted molar refractivity (Wildman–Crippen MR) is 147 cm³/mol. The third-order valence-corrected chi connectivity index (χ3v) is 9.30. The lowest BCUT2D eigenvalue weighted by atomic mass is 9.87. The summed E-state index contributed by atoms with van der Waals surface area (Å²) >= 11 is 0. The quantitative estimate of drug-likeness (QED) is 0.249. The average Bonchev–Trinajstić information content (AvgIpc) is 3.49. The van der Waals surface area contributed by atoms with Crippen molar-refractivity contribution in [3.05, 3.63) is 49.2 Å². The fourth-order valence-electron chi connectivity index (χ4n) is 4.94. The molecule has 2 fully saturated rings. The molecule has 4 aromatic rings. The van der Waals surface area contributed by atoms with Crippen molar-refractivity contribution in [3.63, 3.8) is 0 Å². The highest BCUT2D eigenvalue weighted by Gasteiger charge is 2.37. The Morgan fingerprint density at radius 2 is 1.95 bits per heavy atom. The van der Waals surface area contributed by atoms with Gasteiger partial charge < -0.3 is 15.7 Å². The fraction of sp³-hybridized carbons (Fsp3) is 0.423. The maximum atomic E-state index is 13.2. The topological polar surface area (TPSA) is 153 Å². The molecule has 4 aromatic heterocycles. The van der Waals surface area contributed by atoms with Gasteiger partial charge in [-0.1, -0.05) is 6.42 Å². The Labute approximate surface area is 234 Å². The summed E-state index contributed by atoms with van der Waals surface area (Å²) in [7, 11) is -3.51. The van der Waals surface area contributed by atoms with Crippen LogP contribution < -0.4 is 10.6 Å². The van der Waals surface area contributed by atoms with Crippen molar-refractivity contribution >= 4 is 27.3 Å². The van der Waals surface area contributed by atoms with Gasteiger partial charge in [0.15, 0.2) is 5.82 Å². The molecule has 0 aliphatic heterocycles. The van der Waals surface area contributed by atoms with Crippen LogP contribution in [0.2, 0.25) is 0 Å². The van der Waals surface area contributed by atoms with Crippen LogP contribution in [0, 0.1) is 5.92 Å². The van der Waals surface area contributed by atoms with Crippen molar-refractivity contribution in [2.24, 2.45) is 5.92 Å². The Morgan fingerprint density at radius 3 is 2.71 bits per heavy atom. The molecule has 2 saturated carbocycles. The van der Waals surface area contributed by atoms with Gasteiger partial charge in [0.1, 0.15) is 11.6 Å². The van der Waals surface area contributed by atoms with Crippen molar-refractivity contribution in [2.75, 3.05) is 17.2 Å². The Balaban J connectivity index is 1.24. The number of aromatic nitrogens is 7. The maximum absolute atomic E-state index is 13.2. The van der Waals surface area contributed by atoms with Gasteiger partial charge in [-0.25, -0.2) is 28.1 Å². The number of aliphatic hydroxyl groups excluding tert-OH is 1. The number of halogens is 2. The molecular weight excluding hydrogens is 556 g/mol. The summed E-state index contributed by atoms with van der Waals surface area (Å²) in [6.45, 7) is -2.17. The molecule has 4 heterocycles. The van der Waals surface area contributed by atoms with Crippen LogP contribution in [0.15, 0.2) is 49.2 Å². The summed E-state index contributed by atoms with van der Waals surface area (Å²) in [4.78, 5) is 13.2. The van der Waals surface area contributed by atoms with E-state index in [9.17, 15) is 22.3 Å². The molecule has 2 atom stereocenters. The van der Waals surface area contributed by atoms with E-state index in [4.69, 9.17) is 0 Å². The zero-order valence-electron chi connectivity index (χ0n) is 21.9. The van der Waals surface area contributed by atoms with E-state index in [0.717, 1.165) is 23.3 Å². The second-order valence-electron chi connectivity index (χ2n) is 10.4. The van der Waals surface area contributed by atoms with Crippen molar-refractivity contribution in [1.82, 2.24) is 33.9 Å². The Kier molecular flexibility index (Phi) is 7.38. The highest BCUT2D eigenvalue weighted by atomic mass is 32.2. The summed E-state index contributed by atoms with van der Waals surface area (Å²) in [6, 6.07) is 4.90. The third-order valence-electron chi connectivity index (χ3n) is 7.26. The van der Waals surface area contributed by atoms with Crippen LogP contribution >= 0.6 is 0 Å². The summed E-state index contributed by atoms with van der Waals surface area (Å²) < 4.78 is 52.9. The first-order valence-corrected chi connectivity index (χ1v) is 14.9. The SMILES string of the molecule is O=S(=O)(C1CC1)n1cc(-c2nccc(Nc3cc(NCC4CCCC(O)C4)c(-c4ccn(C(F)F)n4)cn3)n2)cn1. The molecule has 2 aliphatic rings. The third kappa shape index (κ3) is 6.05. The number of aliphatic hydroxyl groups is 1. The number of anilines is 3. The molecule has 0 radical (unpaired) electrons. The molecule has 0 saturated heterocycles. The van der Waals surface area contributed by atoms with E-state index in [2.05, 4.69) is 35.8 Å². The molecule has 6 rings (SSSR count). The van der Waals surface area contributed by atoms with E-state index < -0.39 is 21.8 Å². The minimum absolute atomic E-state index is 0.267. The first kappa shape index (κ1) is 27.2. The van der Waals surface area contributed by atoms with Crippen LogP contribution in [0.4, 0.5) is 26.1 Å². The molecule has 12 nitrogen and oxygen atoms in total. The van der Waals surface area contributed by atoms with E-state index in [1.165, 1.54) is 30.9 Å². The van der Waals surface area contributed by atoms with E-state index >= 15 is 0 Å². The molecule has 15 heteroatoms. The van der Waals surface area contributed by atoms with E-state index in [1.807, 2.05) is 0 Å². The summed E-state index contributed by atoms with van der Waals surface area (Å²) in [5.41, 5.74) is 1.99. The van der Waals surface area contributed by atoms with Gasteiger partial charge in [-0.15, -0.1) is 0 Å². The minimum atomic E-state index is -3.51. The Morgan fingerprint density at radius 1 is 1.10 bits per heavy atom. The number of rotatable bonds is 10. The predicted octanol–water partition coefficient (Wildman–Crippen LogP) is 4.04. The lowest BCUT2D eigenvalue weighted by Gasteiger charge is -2.26. The van der Waals surface area contributed by atoms with Crippen molar-refractivity contribution < 1.29 is 22.3 Å². The zero-order valence-corrected chi connectivity index (χ0v) is 22.8. The average molecular weight is 586 g/mol.